The quantitative estimate of drug-likeness (QED) is 0.808. The number of rotatable bonds is 4. The van der Waals surface area contributed by atoms with Crippen LogP contribution in [0.5, 0.6) is 0 Å². The molecule has 1 aliphatic heterocycles. The number of fused-ring (bicyclic) bond motifs is 1. The predicted molar refractivity (Wildman–Crippen MR) is 104 cm³/mol. The van der Waals surface area contributed by atoms with E-state index >= 15 is 0 Å². The van der Waals surface area contributed by atoms with E-state index in [2.05, 4.69) is 15.4 Å². The van der Waals surface area contributed by atoms with Crippen LogP contribution in [0.15, 0.2) is 29.4 Å². The third-order valence-electron chi connectivity index (χ3n) is 4.68. The highest BCUT2D eigenvalue weighted by Crippen LogP contribution is 2.29. The first-order valence-electron chi connectivity index (χ1n) is 8.65. The summed E-state index contributed by atoms with van der Waals surface area (Å²) in [7, 11) is 3.49. The Hall–Kier alpha value is -3.16. The Morgan fingerprint density at radius 3 is 2.89 bits per heavy atom. The lowest BCUT2D eigenvalue weighted by Crippen LogP contribution is -2.34. The number of hydrogen-bond acceptors (Lipinski definition) is 5. The number of allylic oxidation sites excluding steroid dienone is 1. The summed E-state index contributed by atoms with van der Waals surface area (Å²) in [5, 5.41) is 7.79. The fourth-order valence-corrected chi connectivity index (χ4v) is 3.26. The number of carbonyl (C=O) groups excluding carboxylic acids is 1. The van der Waals surface area contributed by atoms with E-state index in [-0.39, 0.29) is 11.7 Å². The van der Waals surface area contributed by atoms with Crippen LogP contribution in [0.4, 0.5) is 15.9 Å². The molecule has 0 atom stereocenters. The van der Waals surface area contributed by atoms with Crippen molar-refractivity contribution in [1.82, 2.24) is 14.7 Å². The zero-order chi connectivity index (χ0) is 19.6. The van der Waals surface area contributed by atoms with Crippen molar-refractivity contribution < 1.29 is 9.18 Å². The van der Waals surface area contributed by atoms with Crippen LogP contribution in [0.2, 0.25) is 0 Å². The minimum atomic E-state index is -0.386. The molecule has 0 saturated carbocycles. The topological polar surface area (TPSA) is 88.5 Å². The molecule has 0 unspecified atom stereocenters. The number of carbonyl (C=O) groups is 1. The summed E-state index contributed by atoms with van der Waals surface area (Å²) in [4.78, 5) is 17.4. The van der Waals surface area contributed by atoms with E-state index in [4.69, 9.17) is 5.73 Å². The molecule has 7 nitrogen and oxygen atoms in total. The maximum absolute atomic E-state index is 14.2. The molecule has 0 fully saturated rings. The predicted octanol–water partition coefficient (Wildman–Crippen LogP) is 2.21. The van der Waals surface area contributed by atoms with Gasteiger partial charge in [0.15, 0.2) is 5.82 Å². The van der Waals surface area contributed by atoms with Gasteiger partial charge in [0.2, 0.25) is 5.91 Å². The molecule has 0 bridgehead atoms. The van der Waals surface area contributed by atoms with Gasteiger partial charge in [-0.3, -0.25) is 14.5 Å². The van der Waals surface area contributed by atoms with Gasteiger partial charge in [-0.05, 0) is 18.2 Å². The summed E-state index contributed by atoms with van der Waals surface area (Å²) in [6, 6.07) is 4.69. The number of aromatic nitrogens is 2. The van der Waals surface area contributed by atoms with Crippen LogP contribution < -0.4 is 11.1 Å². The molecule has 27 heavy (non-hydrogen) atoms. The van der Waals surface area contributed by atoms with Crippen molar-refractivity contribution in [3.05, 3.63) is 47.0 Å². The summed E-state index contributed by atoms with van der Waals surface area (Å²) in [5.74, 6) is 0.317. The lowest BCUT2D eigenvalue weighted by molar-refractivity contribution is -0.129. The fraction of sp³-hybridized carbons (Fsp3) is 0.316. The molecule has 1 aliphatic rings. The van der Waals surface area contributed by atoms with Gasteiger partial charge in [-0.15, -0.1) is 0 Å². The number of benzene rings is 1. The van der Waals surface area contributed by atoms with Crippen molar-refractivity contribution in [3.63, 3.8) is 0 Å². The summed E-state index contributed by atoms with van der Waals surface area (Å²) in [6.45, 7) is 2.75. The first-order valence-corrected chi connectivity index (χ1v) is 8.65. The number of nitrogens with one attached hydrogen (secondary N) is 1. The lowest BCUT2D eigenvalue weighted by Gasteiger charge is -2.26. The second-order valence-corrected chi connectivity index (χ2v) is 6.42. The fourth-order valence-electron chi connectivity index (χ4n) is 3.26. The highest BCUT2D eigenvalue weighted by atomic mass is 19.1. The Morgan fingerprint density at radius 1 is 1.44 bits per heavy atom. The van der Waals surface area contributed by atoms with Gasteiger partial charge >= 0.3 is 0 Å². The minimum absolute atomic E-state index is 0.0381. The molecule has 8 heteroatoms. The van der Waals surface area contributed by atoms with Crippen molar-refractivity contribution in [3.8, 4) is 0 Å². The van der Waals surface area contributed by atoms with Crippen LogP contribution in [-0.2, 0) is 24.8 Å². The number of aliphatic imine (C=N–C) groups is 1. The van der Waals surface area contributed by atoms with Crippen molar-refractivity contribution in [2.75, 3.05) is 18.9 Å². The van der Waals surface area contributed by atoms with Gasteiger partial charge in [0.05, 0.1) is 6.54 Å². The number of anilines is 2. The molecule has 3 N–H and O–H groups in total. The molecule has 1 aromatic heterocycles. The van der Waals surface area contributed by atoms with Crippen molar-refractivity contribution in [2.45, 2.75) is 19.9 Å². The Bertz CT molecular complexity index is 931. The highest BCUT2D eigenvalue weighted by molar-refractivity contribution is 6.10. The van der Waals surface area contributed by atoms with E-state index in [1.165, 1.54) is 18.5 Å². The normalized spacial score (nSPS) is 14.5. The van der Waals surface area contributed by atoms with E-state index in [1.807, 2.05) is 11.7 Å². The number of aryl methyl sites for hydroxylation is 1. The Kier molecular flexibility index (Phi) is 5.25. The number of halogens is 1. The van der Waals surface area contributed by atoms with E-state index in [1.54, 1.807) is 31.0 Å². The molecule has 3 rings (SSSR count). The lowest BCUT2D eigenvalue weighted by atomic mass is 10.1. The molecule has 1 aromatic carbocycles. The van der Waals surface area contributed by atoms with Crippen LogP contribution in [0.1, 0.15) is 23.7 Å². The van der Waals surface area contributed by atoms with Gasteiger partial charge in [-0.25, -0.2) is 4.39 Å². The van der Waals surface area contributed by atoms with E-state index in [9.17, 15) is 9.18 Å². The molecule has 2 aromatic rings. The average molecular weight is 370 g/mol. The Balaban J connectivity index is 1.94. The monoisotopic (exact) mass is 370 g/mol. The van der Waals surface area contributed by atoms with Gasteiger partial charge in [-0.1, -0.05) is 0 Å². The highest BCUT2D eigenvalue weighted by Gasteiger charge is 2.25. The van der Waals surface area contributed by atoms with Crippen LogP contribution in [0, 0.1) is 5.82 Å². The zero-order valence-electron chi connectivity index (χ0n) is 15.7. The molecule has 0 spiro atoms. The molecule has 1 amide bonds. The number of hydrogen-bond donors (Lipinski definition) is 2. The standard InChI is InChI=1S/C19H23FN6O/c1-12(27)26-7-6-18-16(11-26)19(24-25(18)3)23-14-4-5-17(20)15(8-14)13(9-21)10-22-2/h4-5,8-10H,6-7,11,21H2,1-3H3,(H,23,24). The number of amides is 1. The van der Waals surface area contributed by atoms with E-state index in [0.29, 0.717) is 35.7 Å². The third-order valence-corrected chi connectivity index (χ3v) is 4.68. The smallest absolute Gasteiger partial charge is 0.219 e. The van der Waals surface area contributed by atoms with Crippen LogP contribution in [0.25, 0.3) is 5.57 Å². The van der Waals surface area contributed by atoms with E-state index in [0.717, 1.165) is 17.7 Å². The molecule has 2 heterocycles. The summed E-state index contributed by atoms with van der Waals surface area (Å²) in [5.41, 5.74) is 9.20. The molecular weight excluding hydrogens is 347 g/mol. The maximum atomic E-state index is 14.2. The second-order valence-electron chi connectivity index (χ2n) is 6.42. The molecule has 0 radical (unpaired) electrons. The summed E-state index contributed by atoms with van der Waals surface area (Å²) >= 11 is 0. The zero-order valence-corrected chi connectivity index (χ0v) is 15.7. The molecule has 0 aliphatic carbocycles. The first kappa shape index (κ1) is 18.6. The van der Waals surface area contributed by atoms with Crippen molar-refractivity contribution >= 4 is 29.2 Å². The minimum Gasteiger partial charge on any atom is -0.404 e. The number of nitrogens with zero attached hydrogens (tertiary/aromatic N) is 4. The van der Waals surface area contributed by atoms with Crippen LogP contribution in [-0.4, -0.2) is 40.4 Å². The summed E-state index contributed by atoms with van der Waals surface area (Å²) < 4.78 is 16.1. The van der Waals surface area contributed by atoms with Crippen LogP contribution in [0.3, 0.4) is 0 Å². The third kappa shape index (κ3) is 3.69. The van der Waals surface area contributed by atoms with Crippen LogP contribution >= 0.6 is 0 Å². The average Bonchev–Trinajstić information content (AvgIpc) is 2.96. The molecule has 0 saturated heterocycles. The van der Waals surface area contributed by atoms with Gasteiger partial charge < -0.3 is 16.0 Å². The van der Waals surface area contributed by atoms with E-state index < -0.39 is 0 Å². The van der Waals surface area contributed by atoms with Crippen molar-refractivity contribution in [2.24, 2.45) is 17.8 Å². The maximum Gasteiger partial charge on any atom is 0.219 e. The van der Waals surface area contributed by atoms with Crippen molar-refractivity contribution in [1.29, 1.82) is 0 Å². The van der Waals surface area contributed by atoms with Gasteiger partial charge in [0.25, 0.3) is 0 Å². The SMILES string of the molecule is CN=CC(=CN)c1cc(Nc2nn(C)c3c2CN(C(C)=O)CC3)ccc1F. The van der Waals surface area contributed by atoms with Gasteiger partial charge in [-0.2, -0.15) is 5.10 Å². The van der Waals surface area contributed by atoms with Gasteiger partial charge in [0.1, 0.15) is 5.82 Å². The number of nitrogens with two attached hydrogens (primary N) is 1. The first-order chi connectivity index (χ1) is 12.9. The Morgan fingerprint density at radius 2 is 2.22 bits per heavy atom. The molecule has 142 valence electrons. The summed E-state index contributed by atoms with van der Waals surface area (Å²) in [6.07, 6.45) is 3.58. The Labute approximate surface area is 157 Å². The second kappa shape index (κ2) is 7.61. The van der Waals surface area contributed by atoms with Gasteiger partial charge in [0, 0.05) is 74.5 Å². The largest absolute Gasteiger partial charge is 0.404 e. The molecular formula is C19H23FN6O.